The first-order valence-corrected chi connectivity index (χ1v) is 4.70. The van der Waals surface area contributed by atoms with Gasteiger partial charge < -0.3 is 5.32 Å². The summed E-state index contributed by atoms with van der Waals surface area (Å²) in [7, 11) is 0. The van der Waals surface area contributed by atoms with Gasteiger partial charge in [0.25, 0.3) is 0 Å². The van der Waals surface area contributed by atoms with E-state index in [1.54, 1.807) is 12.1 Å². The zero-order chi connectivity index (χ0) is 9.42. The predicted molar refractivity (Wildman–Crippen MR) is 49.6 cm³/mol. The average Bonchev–Trinajstić information content (AvgIpc) is 2.05. The fourth-order valence-corrected chi connectivity index (χ4v) is 1.69. The molecule has 0 saturated carbocycles. The molecule has 4 heteroatoms. The molecule has 0 radical (unpaired) electrons. The minimum atomic E-state index is -0.283. The van der Waals surface area contributed by atoms with E-state index in [2.05, 4.69) is 21.2 Å². The Morgan fingerprint density at radius 1 is 1.54 bits per heavy atom. The van der Waals surface area contributed by atoms with Gasteiger partial charge in [0.1, 0.15) is 5.82 Å². The Morgan fingerprint density at radius 2 is 2.23 bits per heavy atom. The Kier molecular flexibility index (Phi) is 2.07. The number of β-lactam (4-membered cyclic amide) rings is 1. The van der Waals surface area contributed by atoms with E-state index < -0.39 is 0 Å². The fraction of sp³-hybridized carbons (Fsp3) is 0.222. The molecule has 1 aliphatic rings. The van der Waals surface area contributed by atoms with Gasteiger partial charge in [-0.25, -0.2) is 4.39 Å². The number of amides is 1. The van der Waals surface area contributed by atoms with Crippen molar-refractivity contribution >= 4 is 21.8 Å². The van der Waals surface area contributed by atoms with Gasteiger partial charge in [-0.3, -0.25) is 4.79 Å². The maximum Gasteiger partial charge on any atom is 0.222 e. The minimum Gasteiger partial charge on any atom is -0.349 e. The molecule has 1 N–H and O–H groups in total. The number of halogens is 2. The van der Waals surface area contributed by atoms with Crippen LogP contribution in [0.1, 0.15) is 18.0 Å². The summed E-state index contributed by atoms with van der Waals surface area (Å²) < 4.78 is 13.3. The molecule has 13 heavy (non-hydrogen) atoms. The number of benzene rings is 1. The normalized spacial score (nSPS) is 20.8. The zero-order valence-electron chi connectivity index (χ0n) is 6.68. The Morgan fingerprint density at radius 3 is 2.77 bits per heavy atom. The van der Waals surface area contributed by atoms with Crippen molar-refractivity contribution in [2.45, 2.75) is 12.5 Å². The smallest absolute Gasteiger partial charge is 0.222 e. The number of carbonyl (C=O) groups is 1. The monoisotopic (exact) mass is 243 g/mol. The standard InChI is InChI=1S/C9H7BrFNO/c10-6-3-5(1-2-7(6)11)8-4-9(13)12-8/h1-3,8H,4H2,(H,12,13). The van der Waals surface area contributed by atoms with E-state index in [0.29, 0.717) is 10.9 Å². The number of carbonyl (C=O) groups excluding carboxylic acids is 1. The van der Waals surface area contributed by atoms with Crippen molar-refractivity contribution in [3.8, 4) is 0 Å². The Labute approximate surface area is 83.3 Å². The number of nitrogens with one attached hydrogen (secondary N) is 1. The second kappa shape index (κ2) is 3.10. The van der Waals surface area contributed by atoms with Gasteiger partial charge in [-0.1, -0.05) is 6.07 Å². The van der Waals surface area contributed by atoms with E-state index in [1.807, 2.05) is 0 Å². The third-order valence-electron chi connectivity index (χ3n) is 2.07. The van der Waals surface area contributed by atoms with Gasteiger partial charge in [-0.2, -0.15) is 0 Å². The van der Waals surface area contributed by atoms with Crippen LogP contribution in [0.2, 0.25) is 0 Å². The molecule has 0 aromatic heterocycles. The first-order chi connectivity index (χ1) is 6.16. The van der Waals surface area contributed by atoms with E-state index in [0.717, 1.165) is 5.56 Å². The molecule has 2 nitrogen and oxygen atoms in total. The first kappa shape index (κ1) is 8.69. The summed E-state index contributed by atoms with van der Waals surface area (Å²) in [4.78, 5) is 10.6. The molecule has 1 amide bonds. The van der Waals surface area contributed by atoms with Gasteiger partial charge in [-0.15, -0.1) is 0 Å². The largest absolute Gasteiger partial charge is 0.349 e. The van der Waals surface area contributed by atoms with Crippen molar-refractivity contribution < 1.29 is 9.18 Å². The first-order valence-electron chi connectivity index (χ1n) is 3.91. The highest BCUT2D eigenvalue weighted by molar-refractivity contribution is 9.10. The van der Waals surface area contributed by atoms with Gasteiger partial charge in [0, 0.05) is 0 Å². The summed E-state index contributed by atoms with van der Waals surface area (Å²) in [5.41, 5.74) is 0.938. The molecule has 0 bridgehead atoms. The molecule has 1 fully saturated rings. The molecule has 1 heterocycles. The van der Waals surface area contributed by atoms with Gasteiger partial charge in [0.05, 0.1) is 16.9 Å². The molecule has 1 atom stereocenters. The van der Waals surface area contributed by atoms with Crippen LogP contribution < -0.4 is 5.32 Å². The topological polar surface area (TPSA) is 29.1 Å². The quantitative estimate of drug-likeness (QED) is 0.753. The molecule has 1 aromatic rings. The second-order valence-corrected chi connectivity index (χ2v) is 3.85. The van der Waals surface area contributed by atoms with Crippen molar-refractivity contribution in [3.63, 3.8) is 0 Å². The van der Waals surface area contributed by atoms with Crippen molar-refractivity contribution in [1.29, 1.82) is 0 Å². The summed E-state index contributed by atoms with van der Waals surface area (Å²) in [5.74, 6) is -0.236. The lowest BCUT2D eigenvalue weighted by molar-refractivity contribution is -0.128. The summed E-state index contributed by atoms with van der Waals surface area (Å²) in [6.07, 6.45) is 0.498. The fourth-order valence-electron chi connectivity index (χ4n) is 1.29. The van der Waals surface area contributed by atoms with Crippen molar-refractivity contribution in [1.82, 2.24) is 5.32 Å². The van der Waals surface area contributed by atoms with Crippen molar-refractivity contribution in [3.05, 3.63) is 34.1 Å². The maximum atomic E-state index is 12.8. The van der Waals surface area contributed by atoms with E-state index in [-0.39, 0.29) is 17.8 Å². The third kappa shape index (κ3) is 1.58. The number of hydrogen-bond acceptors (Lipinski definition) is 1. The Balaban J connectivity index is 2.22. The average molecular weight is 244 g/mol. The van der Waals surface area contributed by atoms with Crippen LogP contribution >= 0.6 is 15.9 Å². The molecule has 2 rings (SSSR count). The lowest BCUT2D eigenvalue weighted by Crippen LogP contribution is -2.41. The molecule has 1 aromatic carbocycles. The van der Waals surface area contributed by atoms with E-state index >= 15 is 0 Å². The van der Waals surface area contributed by atoms with Crippen LogP contribution in [0.25, 0.3) is 0 Å². The molecule has 0 aliphatic carbocycles. The second-order valence-electron chi connectivity index (χ2n) is 3.00. The van der Waals surface area contributed by atoms with Gasteiger partial charge in [0.2, 0.25) is 5.91 Å². The van der Waals surface area contributed by atoms with Gasteiger partial charge in [-0.05, 0) is 33.6 Å². The van der Waals surface area contributed by atoms with E-state index in [4.69, 9.17) is 0 Å². The molecule has 1 unspecified atom stereocenters. The number of hydrogen-bond donors (Lipinski definition) is 1. The van der Waals surface area contributed by atoms with Crippen LogP contribution in [-0.4, -0.2) is 5.91 Å². The Bertz CT molecular complexity index is 359. The third-order valence-corrected chi connectivity index (χ3v) is 2.68. The van der Waals surface area contributed by atoms with E-state index in [1.165, 1.54) is 6.07 Å². The van der Waals surface area contributed by atoms with E-state index in [9.17, 15) is 9.18 Å². The van der Waals surface area contributed by atoms with Crippen LogP contribution in [0.3, 0.4) is 0 Å². The highest BCUT2D eigenvalue weighted by atomic mass is 79.9. The van der Waals surface area contributed by atoms with Crippen LogP contribution in [0.4, 0.5) is 4.39 Å². The van der Waals surface area contributed by atoms with Crippen molar-refractivity contribution in [2.75, 3.05) is 0 Å². The summed E-state index contributed by atoms with van der Waals surface area (Å²) in [6, 6.07) is 4.83. The molecular formula is C9H7BrFNO. The lowest BCUT2D eigenvalue weighted by Gasteiger charge is -2.27. The molecule has 1 saturated heterocycles. The van der Waals surface area contributed by atoms with Crippen molar-refractivity contribution in [2.24, 2.45) is 0 Å². The van der Waals surface area contributed by atoms with Gasteiger partial charge >= 0.3 is 0 Å². The SMILES string of the molecule is O=C1CC(c2ccc(F)c(Br)c2)N1. The zero-order valence-corrected chi connectivity index (χ0v) is 8.27. The predicted octanol–water partition coefficient (Wildman–Crippen LogP) is 2.15. The molecule has 0 spiro atoms. The summed E-state index contributed by atoms with van der Waals surface area (Å²) in [5, 5.41) is 2.72. The summed E-state index contributed by atoms with van der Waals surface area (Å²) in [6.45, 7) is 0. The molecule has 68 valence electrons. The highest BCUT2D eigenvalue weighted by Crippen LogP contribution is 2.27. The maximum absolute atomic E-state index is 12.8. The van der Waals surface area contributed by atoms with Crippen LogP contribution in [0, 0.1) is 5.82 Å². The molecular weight excluding hydrogens is 237 g/mol. The summed E-state index contributed by atoms with van der Waals surface area (Å²) >= 11 is 3.10. The van der Waals surface area contributed by atoms with Crippen LogP contribution in [0.5, 0.6) is 0 Å². The lowest BCUT2D eigenvalue weighted by atomic mass is 9.97. The van der Waals surface area contributed by atoms with Crippen LogP contribution in [0.15, 0.2) is 22.7 Å². The number of rotatable bonds is 1. The highest BCUT2D eigenvalue weighted by Gasteiger charge is 2.26. The minimum absolute atomic E-state index is 0.0467. The van der Waals surface area contributed by atoms with Crippen LogP contribution in [-0.2, 0) is 4.79 Å². The Hall–Kier alpha value is -0.900. The molecule has 1 aliphatic heterocycles. The van der Waals surface area contributed by atoms with Gasteiger partial charge in [0.15, 0.2) is 0 Å².